The number of likely N-dealkylation sites (tertiary alicyclic amines) is 1. The fourth-order valence-electron chi connectivity index (χ4n) is 3.37. The molecular weight excluding hydrogens is 435 g/mol. The Bertz CT molecular complexity index is 1090. The first-order valence-electron chi connectivity index (χ1n) is 10.0. The molecule has 32 heavy (non-hydrogen) atoms. The van der Waals surface area contributed by atoms with Gasteiger partial charge in [-0.15, -0.1) is 0 Å². The van der Waals surface area contributed by atoms with E-state index in [1.165, 1.54) is 24.3 Å². The molecule has 2 fully saturated rings. The monoisotopic (exact) mass is 454 g/mol. The lowest BCUT2D eigenvalue weighted by atomic mass is 10.2. The molecule has 2 aliphatic heterocycles. The highest BCUT2D eigenvalue weighted by atomic mass is 32.2. The van der Waals surface area contributed by atoms with Crippen LogP contribution in [-0.2, 0) is 9.59 Å². The maximum atomic E-state index is 13.0. The lowest BCUT2D eigenvalue weighted by Gasteiger charge is -2.18. The fraction of sp³-hybridized carbons (Fsp3) is 0.217. The van der Waals surface area contributed by atoms with E-state index < -0.39 is 22.9 Å². The van der Waals surface area contributed by atoms with Crippen LogP contribution >= 0.6 is 11.8 Å². The van der Waals surface area contributed by atoms with Gasteiger partial charge in [-0.05, 0) is 72.6 Å². The molecule has 0 radical (unpaired) electrons. The van der Waals surface area contributed by atoms with Gasteiger partial charge in [0.1, 0.15) is 18.1 Å². The molecule has 0 saturated carbocycles. The van der Waals surface area contributed by atoms with E-state index in [0.29, 0.717) is 18.7 Å². The molecule has 2 aromatic rings. The first-order chi connectivity index (χ1) is 15.4. The zero-order valence-electron chi connectivity index (χ0n) is 17.0. The topological polar surface area (TPSA) is 84.0 Å². The van der Waals surface area contributed by atoms with Crippen LogP contribution in [0.25, 0.3) is 6.08 Å². The fourth-order valence-corrected chi connectivity index (χ4v) is 4.21. The molecule has 164 valence electrons. The number of ether oxygens (including phenoxy) is 1. The highest BCUT2D eigenvalue weighted by Crippen LogP contribution is 2.32. The van der Waals surface area contributed by atoms with Crippen LogP contribution in [-0.4, -0.2) is 52.5 Å². The van der Waals surface area contributed by atoms with Gasteiger partial charge in [0.05, 0.1) is 10.5 Å². The smallest absolute Gasteiger partial charge is 0.343 e. The Balaban J connectivity index is 1.39. The van der Waals surface area contributed by atoms with E-state index in [0.717, 1.165) is 29.5 Å². The van der Waals surface area contributed by atoms with Gasteiger partial charge in [0.25, 0.3) is 11.1 Å². The van der Waals surface area contributed by atoms with Crippen LogP contribution in [0.4, 0.5) is 9.18 Å². The van der Waals surface area contributed by atoms with Gasteiger partial charge in [0.2, 0.25) is 5.91 Å². The van der Waals surface area contributed by atoms with Gasteiger partial charge in [-0.2, -0.15) is 0 Å². The average molecular weight is 454 g/mol. The second-order valence-corrected chi connectivity index (χ2v) is 8.31. The number of halogens is 1. The number of thioether (sulfide) groups is 1. The van der Waals surface area contributed by atoms with Gasteiger partial charge in [-0.1, -0.05) is 12.1 Å². The van der Waals surface area contributed by atoms with Crippen molar-refractivity contribution in [2.45, 2.75) is 12.8 Å². The van der Waals surface area contributed by atoms with Crippen LogP contribution in [0.2, 0.25) is 0 Å². The molecule has 2 heterocycles. The third-order valence-electron chi connectivity index (χ3n) is 5.09. The summed E-state index contributed by atoms with van der Waals surface area (Å²) in [6.07, 6.45) is 3.42. The van der Waals surface area contributed by atoms with Gasteiger partial charge in [-0.25, -0.2) is 9.18 Å². The van der Waals surface area contributed by atoms with E-state index in [4.69, 9.17) is 4.74 Å². The summed E-state index contributed by atoms with van der Waals surface area (Å²) in [6.45, 7) is 1.06. The van der Waals surface area contributed by atoms with Crippen molar-refractivity contribution < 1.29 is 28.3 Å². The average Bonchev–Trinajstić information content (AvgIpc) is 3.41. The second kappa shape index (κ2) is 9.35. The molecule has 0 spiro atoms. The van der Waals surface area contributed by atoms with Crippen molar-refractivity contribution in [1.29, 1.82) is 0 Å². The van der Waals surface area contributed by atoms with Gasteiger partial charge >= 0.3 is 5.97 Å². The maximum absolute atomic E-state index is 13.0. The highest BCUT2D eigenvalue weighted by Gasteiger charge is 2.37. The van der Waals surface area contributed by atoms with Gasteiger partial charge in [-0.3, -0.25) is 19.3 Å². The number of benzene rings is 2. The van der Waals surface area contributed by atoms with E-state index in [2.05, 4.69) is 0 Å². The molecule has 3 amide bonds. The zero-order chi connectivity index (χ0) is 22.7. The van der Waals surface area contributed by atoms with Crippen molar-refractivity contribution in [1.82, 2.24) is 9.80 Å². The molecule has 7 nitrogen and oxygen atoms in total. The Kier molecular flexibility index (Phi) is 6.36. The minimum atomic E-state index is -0.624. The quantitative estimate of drug-likeness (QED) is 0.389. The standard InChI is InChI=1S/C23H19FN2O5S/c24-17-7-5-16(6-8-17)22(29)31-18-9-3-15(4-10-18)13-19-21(28)26(23(30)32-19)14-20(27)25-11-1-2-12-25/h3-10,13H,1-2,11-12,14H2/b19-13-. The summed E-state index contributed by atoms with van der Waals surface area (Å²) in [4.78, 5) is 52.1. The molecule has 0 aliphatic carbocycles. The number of imide groups is 1. The van der Waals surface area contributed by atoms with E-state index in [1.54, 1.807) is 35.2 Å². The molecule has 9 heteroatoms. The Hall–Kier alpha value is -3.46. The van der Waals surface area contributed by atoms with Crippen LogP contribution < -0.4 is 4.74 Å². The molecule has 0 bridgehead atoms. The number of amides is 3. The summed E-state index contributed by atoms with van der Waals surface area (Å²) in [7, 11) is 0. The molecule has 2 aliphatic rings. The van der Waals surface area contributed by atoms with E-state index in [1.807, 2.05) is 0 Å². The largest absolute Gasteiger partial charge is 0.423 e. The van der Waals surface area contributed by atoms with Gasteiger partial charge < -0.3 is 9.64 Å². The number of esters is 1. The molecule has 0 N–H and O–H groups in total. The number of rotatable bonds is 5. The van der Waals surface area contributed by atoms with Crippen LogP contribution in [0.3, 0.4) is 0 Å². The lowest BCUT2D eigenvalue weighted by molar-refractivity contribution is -0.135. The van der Waals surface area contributed by atoms with Crippen LogP contribution in [0.1, 0.15) is 28.8 Å². The van der Waals surface area contributed by atoms with Gasteiger partial charge in [0.15, 0.2) is 0 Å². The summed E-state index contributed by atoms with van der Waals surface area (Å²) in [5.74, 6) is -1.52. The third-order valence-corrected chi connectivity index (χ3v) is 6.00. The van der Waals surface area contributed by atoms with E-state index in [9.17, 15) is 23.6 Å². The van der Waals surface area contributed by atoms with Crippen molar-refractivity contribution in [3.8, 4) is 5.75 Å². The molecule has 2 saturated heterocycles. The normalized spacial score (nSPS) is 17.3. The van der Waals surface area contributed by atoms with Crippen molar-refractivity contribution >= 4 is 40.9 Å². The SMILES string of the molecule is O=C(Oc1ccc(/C=C2\SC(=O)N(CC(=O)N3CCCC3)C2=O)cc1)c1ccc(F)cc1. The lowest BCUT2D eigenvalue weighted by Crippen LogP contribution is -2.40. The Labute approximate surface area is 187 Å². The Morgan fingerprint density at radius 2 is 1.66 bits per heavy atom. The molecule has 2 aromatic carbocycles. The Morgan fingerprint density at radius 1 is 1.00 bits per heavy atom. The van der Waals surface area contributed by atoms with Crippen molar-refractivity contribution in [3.05, 3.63) is 70.4 Å². The first-order valence-corrected chi connectivity index (χ1v) is 10.8. The summed E-state index contributed by atoms with van der Waals surface area (Å²) in [5.41, 5.74) is 0.843. The number of carbonyl (C=O) groups is 4. The van der Waals surface area contributed by atoms with Crippen LogP contribution in [0, 0.1) is 5.82 Å². The van der Waals surface area contributed by atoms with E-state index >= 15 is 0 Å². The van der Waals surface area contributed by atoms with E-state index in [-0.39, 0.29) is 28.7 Å². The third kappa shape index (κ3) is 4.88. The maximum Gasteiger partial charge on any atom is 0.343 e. The summed E-state index contributed by atoms with van der Waals surface area (Å²) in [6, 6.07) is 11.4. The highest BCUT2D eigenvalue weighted by molar-refractivity contribution is 8.18. The van der Waals surface area contributed by atoms with Crippen LogP contribution in [0.5, 0.6) is 5.75 Å². The van der Waals surface area contributed by atoms with Crippen molar-refractivity contribution in [3.63, 3.8) is 0 Å². The molecule has 0 unspecified atom stereocenters. The van der Waals surface area contributed by atoms with Crippen molar-refractivity contribution in [2.75, 3.05) is 19.6 Å². The minimum Gasteiger partial charge on any atom is -0.423 e. The molecular formula is C23H19FN2O5S. The number of carbonyl (C=O) groups excluding carboxylic acids is 4. The predicted molar refractivity (Wildman–Crippen MR) is 116 cm³/mol. The predicted octanol–water partition coefficient (Wildman–Crippen LogP) is 3.70. The molecule has 0 atom stereocenters. The minimum absolute atomic E-state index is 0.215. The first kappa shape index (κ1) is 21.8. The Morgan fingerprint density at radius 3 is 2.31 bits per heavy atom. The van der Waals surface area contributed by atoms with Gasteiger partial charge in [0, 0.05) is 13.1 Å². The second-order valence-electron chi connectivity index (χ2n) is 7.32. The molecule has 4 rings (SSSR count). The van der Waals surface area contributed by atoms with Crippen molar-refractivity contribution in [2.24, 2.45) is 0 Å². The molecule has 0 aromatic heterocycles. The van der Waals surface area contributed by atoms with Crippen LogP contribution in [0.15, 0.2) is 53.4 Å². The summed E-state index contributed by atoms with van der Waals surface area (Å²) >= 11 is 0.786. The summed E-state index contributed by atoms with van der Waals surface area (Å²) in [5, 5.41) is -0.473. The number of hydrogen-bond acceptors (Lipinski definition) is 6. The summed E-state index contributed by atoms with van der Waals surface area (Å²) < 4.78 is 18.2. The zero-order valence-corrected chi connectivity index (χ0v) is 17.8. The number of nitrogens with zero attached hydrogens (tertiary/aromatic N) is 2. The number of hydrogen-bond donors (Lipinski definition) is 0.